The lowest BCUT2D eigenvalue weighted by atomic mass is 10.1. The van der Waals surface area contributed by atoms with Gasteiger partial charge >= 0.3 is 0 Å². The Kier molecular flexibility index (Phi) is 7.69. The molecule has 0 spiro atoms. The van der Waals surface area contributed by atoms with Crippen LogP contribution in [0.15, 0.2) is 30.3 Å². The highest BCUT2D eigenvalue weighted by atomic mass is 16.5. The van der Waals surface area contributed by atoms with Crippen molar-refractivity contribution < 1.29 is 4.74 Å². The van der Waals surface area contributed by atoms with Crippen molar-refractivity contribution in [2.45, 2.75) is 38.7 Å². The zero-order chi connectivity index (χ0) is 12.3. The number of hydrogen-bond acceptors (Lipinski definition) is 2. The third kappa shape index (κ3) is 6.44. The highest BCUT2D eigenvalue weighted by Crippen LogP contribution is 2.16. The van der Waals surface area contributed by atoms with E-state index in [1.807, 2.05) is 13.1 Å². The molecule has 2 nitrogen and oxygen atoms in total. The minimum absolute atomic E-state index is 0.216. The summed E-state index contributed by atoms with van der Waals surface area (Å²) in [6, 6.07) is 10.4. The number of unbranched alkanes of at least 4 members (excludes halogenated alkanes) is 3. The van der Waals surface area contributed by atoms with E-state index in [0.717, 1.165) is 13.2 Å². The molecular formula is C15H25NO. The van der Waals surface area contributed by atoms with Gasteiger partial charge in [0, 0.05) is 6.61 Å². The van der Waals surface area contributed by atoms with Gasteiger partial charge in [-0.1, -0.05) is 43.2 Å². The zero-order valence-corrected chi connectivity index (χ0v) is 11.1. The molecule has 2 heteroatoms. The monoisotopic (exact) mass is 235 g/mol. The fourth-order valence-electron chi connectivity index (χ4n) is 1.84. The molecule has 1 aromatic carbocycles. The van der Waals surface area contributed by atoms with Gasteiger partial charge in [-0.3, -0.25) is 0 Å². The van der Waals surface area contributed by atoms with E-state index in [-0.39, 0.29) is 6.10 Å². The molecule has 1 atom stereocenters. The van der Waals surface area contributed by atoms with Gasteiger partial charge in [0.15, 0.2) is 0 Å². The summed E-state index contributed by atoms with van der Waals surface area (Å²) in [7, 11) is 2.00. The van der Waals surface area contributed by atoms with Crippen molar-refractivity contribution in [3.05, 3.63) is 35.9 Å². The van der Waals surface area contributed by atoms with E-state index in [4.69, 9.17) is 4.74 Å². The van der Waals surface area contributed by atoms with Crippen LogP contribution in [0, 0.1) is 0 Å². The lowest BCUT2D eigenvalue weighted by Crippen LogP contribution is -2.07. The SMILES string of the molecule is CNCCCCCCOC(C)c1ccccc1. The third-order valence-electron chi connectivity index (χ3n) is 2.96. The summed E-state index contributed by atoms with van der Waals surface area (Å²) in [5, 5.41) is 3.17. The first kappa shape index (κ1) is 14.2. The molecule has 0 bridgehead atoms. The van der Waals surface area contributed by atoms with Gasteiger partial charge < -0.3 is 10.1 Å². The number of hydrogen-bond donors (Lipinski definition) is 1. The van der Waals surface area contributed by atoms with Gasteiger partial charge in [0.1, 0.15) is 0 Å². The summed E-state index contributed by atoms with van der Waals surface area (Å²) in [5.41, 5.74) is 1.27. The summed E-state index contributed by atoms with van der Waals surface area (Å²) in [6.07, 6.45) is 5.21. The number of ether oxygens (including phenoxy) is 1. The zero-order valence-electron chi connectivity index (χ0n) is 11.1. The van der Waals surface area contributed by atoms with Gasteiger partial charge in [-0.15, -0.1) is 0 Å². The summed E-state index contributed by atoms with van der Waals surface area (Å²) < 4.78 is 5.82. The van der Waals surface area contributed by atoms with Crippen LogP contribution in [0.2, 0.25) is 0 Å². The number of rotatable bonds is 9. The van der Waals surface area contributed by atoms with E-state index < -0.39 is 0 Å². The molecule has 0 fully saturated rings. The molecule has 1 rings (SSSR count). The number of nitrogens with one attached hydrogen (secondary N) is 1. The van der Waals surface area contributed by atoms with Crippen LogP contribution in [-0.4, -0.2) is 20.2 Å². The molecule has 0 heterocycles. The van der Waals surface area contributed by atoms with E-state index >= 15 is 0 Å². The maximum Gasteiger partial charge on any atom is 0.0796 e. The highest BCUT2D eigenvalue weighted by molar-refractivity contribution is 5.16. The normalized spacial score (nSPS) is 12.6. The Morgan fingerprint density at radius 2 is 1.76 bits per heavy atom. The molecule has 1 aromatic rings. The lowest BCUT2D eigenvalue weighted by molar-refractivity contribution is 0.0628. The van der Waals surface area contributed by atoms with Crippen LogP contribution in [-0.2, 0) is 4.74 Å². The first-order valence-corrected chi connectivity index (χ1v) is 6.65. The Bertz CT molecular complexity index is 274. The van der Waals surface area contributed by atoms with Gasteiger partial charge in [0.2, 0.25) is 0 Å². The van der Waals surface area contributed by atoms with Crippen LogP contribution in [0.4, 0.5) is 0 Å². The van der Waals surface area contributed by atoms with Crippen molar-refractivity contribution in [1.82, 2.24) is 5.32 Å². The Morgan fingerprint density at radius 1 is 1.06 bits per heavy atom. The Labute approximate surface area is 105 Å². The first-order chi connectivity index (χ1) is 8.34. The fraction of sp³-hybridized carbons (Fsp3) is 0.600. The van der Waals surface area contributed by atoms with E-state index in [2.05, 4.69) is 36.5 Å². The molecule has 0 saturated carbocycles. The maximum absolute atomic E-state index is 5.82. The molecular weight excluding hydrogens is 210 g/mol. The minimum Gasteiger partial charge on any atom is -0.374 e. The predicted octanol–water partition coefficient (Wildman–Crippen LogP) is 3.54. The van der Waals surface area contributed by atoms with Gasteiger partial charge in [-0.2, -0.15) is 0 Å². The quantitative estimate of drug-likeness (QED) is 0.661. The molecule has 1 unspecified atom stereocenters. The topological polar surface area (TPSA) is 21.3 Å². The molecule has 0 aliphatic heterocycles. The van der Waals surface area contributed by atoms with E-state index in [1.54, 1.807) is 0 Å². The van der Waals surface area contributed by atoms with E-state index in [9.17, 15) is 0 Å². The predicted molar refractivity (Wildman–Crippen MR) is 73.2 cm³/mol. The van der Waals surface area contributed by atoms with Gasteiger partial charge in [-0.25, -0.2) is 0 Å². The summed E-state index contributed by atoms with van der Waals surface area (Å²) in [5.74, 6) is 0. The Morgan fingerprint density at radius 3 is 2.47 bits per heavy atom. The largest absolute Gasteiger partial charge is 0.374 e. The number of benzene rings is 1. The second-order valence-electron chi connectivity index (χ2n) is 4.44. The average Bonchev–Trinajstić information content (AvgIpc) is 2.38. The Balaban J connectivity index is 2.03. The van der Waals surface area contributed by atoms with Crippen LogP contribution in [0.25, 0.3) is 0 Å². The van der Waals surface area contributed by atoms with E-state index in [1.165, 1.54) is 31.2 Å². The van der Waals surface area contributed by atoms with Crippen LogP contribution >= 0.6 is 0 Å². The summed E-state index contributed by atoms with van der Waals surface area (Å²) in [4.78, 5) is 0. The molecule has 1 N–H and O–H groups in total. The molecule has 0 radical (unpaired) electrons. The van der Waals surface area contributed by atoms with Gasteiger partial charge in [0.25, 0.3) is 0 Å². The molecule has 96 valence electrons. The minimum atomic E-state index is 0.216. The first-order valence-electron chi connectivity index (χ1n) is 6.65. The van der Waals surface area contributed by atoms with Crippen molar-refractivity contribution in [3.8, 4) is 0 Å². The van der Waals surface area contributed by atoms with Crippen molar-refractivity contribution in [3.63, 3.8) is 0 Å². The average molecular weight is 235 g/mol. The van der Waals surface area contributed by atoms with Crippen LogP contribution < -0.4 is 5.32 Å². The smallest absolute Gasteiger partial charge is 0.0796 e. The molecule has 0 aromatic heterocycles. The molecule has 0 amide bonds. The second kappa shape index (κ2) is 9.20. The molecule has 0 aliphatic carbocycles. The third-order valence-corrected chi connectivity index (χ3v) is 2.96. The Hall–Kier alpha value is -0.860. The van der Waals surface area contributed by atoms with Crippen LogP contribution in [0.1, 0.15) is 44.3 Å². The van der Waals surface area contributed by atoms with Crippen molar-refractivity contribution in [2.24, 2.45) is 0 Å². The van der Waals surface area contributed by atoms with Crippen molar-refractivity contribution in [1.29, 1.82) is 0 Å². The van der Waals surface area contributed by atoms with Crippen molar-refractivity contribution in [2.75, 3.05) is 20.2 Å². The summed E-state index contributed by atoms with van der Waals surface area (Å²) in [6.45, 7) is 4.12. The summed E-state index contributed by atoms with van der Waals surface area (Å²) >= 11 is 0. The maximum atomic E-state index is 5.82. The lowest BCUT2D eigenvalue weighted by Gasteiger charge is -2.13. The van der Waals surface area contributed by atoms with E-state index in [0.29, 0.717) is 0 Å². The molecule has 0 aliphatic rings. The highest BCUT2D eigenvalue weighted by Gasteiger charge is 2.03. The van der Waals surface area contributed by atoms with Crippen LogP contribution in [0.5, 0.6) is 0 Å². The molecule has 0 saturated heterocycles. The second-order valence-corrected chi connectivity index (χ2v) is 4.44. The van der Waals surface area contributed by atoms with Crippen molar-refractivity contribution >= 4 is 0 Å². The van der Waals surface area contributed by atoms with Gasteiger partial charge in [0.05, 0.1) is 6.10 Å². The van der Waals surface area contributed by atoms with Crippen LogP contribution in [0.3, 0.4) is 0 Å². The van der Waals surface area contributed by atoms with Gasteiger partial charge in [-0.05, 0) is 38.9 Å². The molecule has 17 heavy (non-hydrogen) atoms. The standard InChI is InChI=1S/C15H25NO/c1-14(15-10-6-5-7-11-15)17-13-9-4-3-8-12-16-2/h5-7,10-11,14,16H,3-4,8-9,12-13H2,1-2H3. The fourth-order valence-corrected chi connectivity index (χ4v) is 1.84.